The minimum atomic E-state index is -0.588. The van der Waals surface area contributed by atoms with E-state index in [1.165, 1.54) is 12.1 Å². The molecule has 1 N–H and O–H groups in total. The van der Waals surface area contributed by atoms with E-state index >= 15 is 0 Å². The zero-order valence-electron chi connectivity index (χ0n) is 10.9. The van der Waals surface area contributed by atoms with E-state index in [0.717, 1.165) is 24.1 Å². The average molecular weight is 263 g/mol. The number of hydrogen-bond acceptors (Lipinski definition) is 3. The van der Waals surface area contributed by atoms with Crippen molar-refractivity contribution >= 4 is 5.82 Å². The van der Waals surface area contributed by atoms with E-state index < -0.39 is 11.6 Å². The third-order valence-corrected chi connectivity index (χ3v) is 2.54. The number of hydrogen-bond donors (Lipinski definition) is 1. The van der Waals surface area contributed by atoms with Gasteiger partial charge >= 0.3 is 0 Å². The van der Waals surface area contributed by atoms with Gasteiger partial charge in [-0.2, -0.15) is 0 Å². The zero-order chi connectivity index (χ0) is 13.8. The van der Waals surface area contributed by atoms with Crippen molar-refractivity contribution in [3.63, 3.8) is 0 Å². The summed E-state index contributed by atoms with van der Waals surface area (Å²) in [4.78, 5) is 8.59. The largest absolute Gasteiger partial charge is 0.370 e. The lowest BCUT2D eigenvalue weighted by molar-refractivity contribution is 0.580. The van der Waals surface area contributed by atoms with Crippen molar-refractivity contribution in [2.75, 3.05) is 11.9 Å². The van der Waals surface area contributed by atoms with Crippen LogP contribution in [-0.2, 0) is 6.42 Å². The first-order chi connectivity index (χ1) is 9.06. The first kappa shape index (κ1) is 13.4. The fourth-order valence-corrected chi connectivity index (χ4v) is 1.88. The van der Waals surface area contributed by atoms with E-state index in [-0.39, 0.29) is 0 Å². The summed E-state index contributed by atoms with van der Waals surface area (Å²) in [7, 11) is 0. The van der Waals surface area contributed by atoms with E-state index in [0.29, 0.717) is 17.8 Å². The van der Waals surface area contributed by atoms with Crippen LogP contribution in [0.3, 0.4) is 0 Å². The topological polar surface area (TPSA) is 37.8 Å². The molecule has 0 aliphatic rings. The Bertz CT molecular complexity index is 565. The van der Waals surface area contributed by atoms with Gasteiger partial charge in [0.05, 0.1) is 0 Å². The maximum absolute atomic E-state index is 13.1. The number of anilines is 1. The Morgan fingerprint density at radius 2 is 1.74 bits per heavy atom. The number of aryl methyl sites for hydroxylation is 1. The number of nitrogens with one attached hydrogen (secondary N) is 1. The van der Waals surface area contributed by atoms with Crippen molar-refractivity contribution in [2.24, 2.45) is 0 Å². The fourth-order valence-electron chi connectivity index (χ4n) is 1.88. The molecule has 2 rings (SSSR count). The molecule has 0 fully saturated rings. The van der Waals surface area contributed by atoms with Gasteiger partial charge in [-0.05, 0) is 31.5 Å². The quantitative estimate of drug-likeness (QED) is 0.921. The summed E-state index contributed by atoms with van der Waals surface area (Å²) >= 11 is 0. The molecule has 0 amide bonds. The van der Waals surface area contributed by atoms with Gasteiger partial charge in [0.1, 0.15) is 23.3 Å². The normalized spacial score (nSPS) is 10.5. The summed E-state index contributed by atoms with van der Waals surface area (Å²) in [5.74, 6) is 0.0898. The van der Waals surface area contributed by atoms with Crippen molar-refractivity contribution in [3.8, 4) is 0 Å². The van der Waals surface area contributed by atoms with E-state index in [1.807, 2.05) is 19.9 Å². The Labute approximate surface area is 110 Å². The van der Waals surface area contributed by atoms with Gasteiger partial charge in [0.2, 0.25) is 0 Å². The molecule has 100 valence electrons. The first-order valence-corrected chi connectivity index (χ1v) is 6.10. The van der Waals surface area contributed by atoms with Gasteiger partial charge in [0, 0.05) is 30.8 Å². The van der Waals surface area contributed by atoms with Crippen LogP contribution in [0.2, 0.25) is 0 Å². The molecular formula is C14H15F2N3. The van der Waals surface area contributed by atoms with Gasteiger partial charge in [-0.25, -0.2) is 18.7 Å². The summed E-state index contributed by atoms with van der Waals surface area (Å²) in [6.45, 7) is 4.59. The van der Waals surface area contributed by atoms with Crippen molar-refractivity contribution in [1.29, 1.82) is 0 Å². The molecule has 0 spiro atoms. The third kappa shape index (κ3) is 3.71. The Morgan fingerprint density at radius 3 is 2.37 bits per heavy atom. The lowest BCUT2D eigenvalue weighted by Gasteiger charge is -2.07. The molecule has 0 atom stereocenters. The van der Waals surface area contributed by atoms with Crippen LogP contribution < -0.4 is 5.32 Å². The second-order valence-electron chi connectivity index (χ2n) is 4.30. The predicted molar refractivity (Wildman–Crippen MR) is 70.1 cm³/mol. The number of rotatable bonds is 4. The molecular weight excluding hydrogens is 248 g/mol. The van der Waals surface area contributed by atoms with Gasteiger partial charge in [-0.3, -0.25) is 0 Å². The van der Waals surface area contributed by atoms with Crippen molar-refractivity contribution in [2.45, 2.75) is 20.3 Å². The minimum Gasteiger partial charge on any atom is -0.370 e. The van der Waals surface area contributed by atoms with Gasteiger partial charge in [0.25, 0.3) is 0 Å². The Hall–Kier alpha value is -2.04. The monoisotopic (exact) mass is 263 g/mol. The maximum Gasteiger partial charge on any atom is 0.135 e. The van der Waals surface area contributed by atoms with Crippen LogP contribution in [0.15, 0.2) is 24.3 Å². The number of halogens is 2. The van der Waals surface area contributed by atoms with Crippen LogP contribution in [0.5, 0.6) is 0 Å². The van der Waals surface area contributed by atoms with Gasteiger partial charge in [0.15, 0.2) is 0 Å². The van der Waals surface area contributed by atoms with E-state index in [1.54, 1.807) is 0 Å². The molecule has 3 nitrogen and oxygen atoms in total. The van der Waals surface area contributed by atoms with E-state index in [9.17, 15) is 8.78 Å². The molecule has 2 aromatic rings. The van der Waals surface area contributed by atoms with Gasteiger partial charge in [-0.15, -0.1) is 0 Å². The third-order valence-electron chi connectivity index (χ3n) is 2.54. The highest BCUT2D eigenvalue weighted by atomic mass is 19.1. The van der Waals surface area contributed by atoms with Crippen LogP contribution in [0.25, 0.3) is 0 Å². The molecule has 1 aromatic heterocycles. The molecule has 0 saturated heterocycles. The zero-order valence-corrected chi connectivity index (χ0v) is 10.9. The summed E-state index contributed by atoms with van der Waals surface area (Å²) in [6, 6.07) is 5.27. The molecule has 0 saturated carbocycles. The maximum atomic E-state index is 13.1. The second kappa shape index (κ2) is 5.73. The Morgan fingerprint density at radius 1 is 1.05 bits per heavy atom. The number of benzene rings is 1. The SMILES string of the molecule is CCNc1cc(C)nc(Cc2cc(F)cc(F)c2)n1. The molecule has 0 aliphatic carbocycles. The Balaban J connectivity index is 2.27. The standard InChI is InChI=1S/C14H15F2N3/c1-3-17-13-4-9(2)18-14(19-13)7-10-5-11(15)8-12(16)6-10/h4-6,8H,3,7H2,1-2H3,(H,17,18,19). The van der Waals surface area contributed by atoms with Crippen molar-refractivity contribution < 1.29 is 8.78 Å². The Kier molecular flexibility index (Phi) is 4.04. The van der Waals surface area contributed by atoms with Crippen LogP contribution in [0, 0.1) is 18.6 Å². The predicted octanol–water partition coefficient (Wildman–Crippen LogP) is 3.09. The van der Waals surface area contributed by atoms with E-state index in [4.69, 9.17) is 0 Å². The molecule has 1 heterocycles. The van der Waals surface area contributed by atoms with E-state index in [2.05, 4.69) is 15.3 Å². The van der Waals surface area contributed by atoms with Crippen LogP contribution >= 0.6 is 0 Å². The lowest BCUT2D eigenvalue weighted by atomic mass is 10.1. The van der Waals surface area contributed by atoms with Gasteiger partial charge in [-0.1, -0.05) is 0 Å². The number of aromatic nitrogens is 2. The van der Waals surface area contributed by atoms with Crippen molar-refractivity contribution in [1.82, 2.24) is 9.97 Å². The molecule has 5 heteroatoms. The fraction of sp³-hybridized carbons (Fsp3) is 0.286. The first-order valence-electron chi connectivity index (χ1n) is 6.10. The van der Waals surface area contributed by atoms with Crippen LogP contribution in [-0.4, -0.2) is 16.5 Å². The van der Waals surface area contributed by atoms with Crippen LogP contribution in [0.1, 0.15) is 24.0 Å². The van der Waals surface area contributed by atoms with Crippen LogP contribution in [0.4, 0.5) is 14.6 Å². The minimum absolute atomic E-state index is 0.300. The van der Waals surface area contributed by atoms with Gasteiger partial charge < -0.3 is 5.32 Å². The molecule has 0 unspecified atom stereocenters. The molecule has 0 aliphatic heterocycles. The summed E-state index contributed by atoms with van der Waals surface area (Å²) in [5, 5.41) is 3.10. The highest BCUT2D eigenvalue weighted by molar-refractivity contribution is 5.36. The highest BCUT2D eigenvalue weighted by Gasteiger charge is 2.06. The average Bonchev–Trinajstić information content (AvgIpc) is 2.26. The number of nitrogens with zero attached hydrogens (tertiary/aromatic N) is 2. The summed E-state index contributed by atoms with van der Waals surface area (Å²) in [5.41, 5.74) is 1.34. The molecule has 0 bridgehead atoms. The molecule has 1 aromatic carbocycles. The molecule has 19 heavy (non-hydrogen) atoms. The smallest absolute Gasteiger partial charge is 0.135 e. The summed E-state index contributed by atoms with van der Waals surface area (Å²) in [6.07, 6.45) is 0.300. The molecule has 0 radical (unpaired) electrons. The lowest BCUT2D eigenvalue weighted by Crippen LogP contribution is -2.05. The second-order valence-corrected chi connectivity index (χ2v) is 4.30. The van der Waals surface area contributed by atoms with Crippen molar-refractivity contribution in [3.05, 3.63) is 53.0 Å². The summed E-state index contributed by atoms with van der Waals surface area (Å²) < 4.78 is 26.2. The highest BCUT2D eigenvalue weighted by Crippen LogP contribution is 2.13.